The van der Waals surface area contributed by atoms with Crippen LogP contribution in [0.25, 0.3) is 0 Å². The molecule has 0 radical (unpaired) electrons. The number of rotatable bonds is 3. The van der Waals surface area contributed by atoms with Crippen LogP contribution in [-0.2, 0) is 5.60 Å². The molecule has 0 bridgehead atoms. The van der Waals surface area contributed by atoms with Crippen molar-refractivity contribution >= 4 is 11.6 Å². The van der Waals surface area contributed by atoms with Gasteiger partial charge in [0.2, 0.25) is 0 Å². The molecular formula is C17H22ClNO. The van der Waals surface area contributed by atoms with Crippen molar-refractivity contribution in [3.8, 4) is 0 Å². The third-order valence-corrected chi connectivity index (χ3v) is 3.40. The van der Waals surface area contributed by atoms with E-state index in [1.54, 1.807) is 24.3 Å². The molecular weight excluding hydrogens is 270 g/mol. The van der Waals surface area contributed by atoms with Gasteiger partial charge in [0.1, 0.15) is 5.60 Å². The normalized spacial score (nSPS) is 13.1. The lowest BCUT2D eigenvalue weighted by atomic mass is 9.86. The Labute approximate surface area is 126 Å². The Morgan fingerprint density at radius 2 is 1.35 bits per heavy atom. The zero-order chi connectivity index (χ0) is 15.2. The van der Waals surface area contributed by atoms with Crippen molar-refractivity contribution in [2.75, 3.05) is 6.54 Å². The van der Waals surface area contributed by atoms with Crippen molar-refractivity contribution < 1.29 is 5.11 Å². The summed E-state index contributed by atoms with van der Waals surface area (Å²) in [5.41, 5.74) is 7.28. The second-order valence-corrected chi connectivity index (χ2v) is 4.87. The fourth-order valence-electron chi connectivity index (χ4n) is 1.96. The lowest BCUT2D eigenvalue weighted by Crippen LogP contribution is -2.36. The van der Waals surface area contributed by atoms with E-state index >= 15 is 0 Å². The van der Waals surface area contributed by atoms with E-state index in [1.165, 1.54) is 0 Å². The molecule has 108 valence electrons. The summed E-state index contributed by atoms with van der Waals surface area (Å²) in [4.78, 5) is 0. The second kappa shape index (κ2) is 7.44. The first-order chi connectivity index (χ1) is 9.56. The molecule has 2 aromatic rings. The van der Waals surface area contributed by atoms with Gasteiger partial charge in [0.25, 0.3) is 0 Å². The van der Waals surface area contributed by atoms with Gasteiger partial charge in [-0.2, -0.15) is 0 Å². The number of benzene rings is 2. The lowest BCUT2D eigenvalue weighted by Gasteiger charge is -2.28. The van der Waals surface area contributed by atoms with Crippen LogP contribution in [0.15, 0.2) is 48.5 Å². The number of hydrogen-bond donors (Lipinski definition) is 2. The van der Waals surface area contributed by atoms with Crippen LogP contribution in [0.4, 0.5) is 0 Å². The van der Waals surface area contributed by atoms with Gasteiger partial charge in [0.15, 0.2) is 0 Å². The first kappa shape index (κ1) is 16.7. The Morgan fingerprint density at radius 3 is 1.75 bits per heavy atom. The fraction of sp³-hybridized carbons (Fsp3) is 0.294. The van der Waals surface area contributed by atoms with Crippen molar-refractivity contribution in [1.82, 2.24) is 0 Å². The van der Waals surface area contributed by atoms with Gasteiger partial charge in [0.05, 0.1) is 0 Å². The topological polar surface area (TPSA) is 46.2 Å². The van der Waals surface area contributed by atoms with Crippen molar-refractivity contribution in [1.29, 1.82) is 0 Å². The number of aryl methyl sites for hydroxylation is 1. The van der Waals surface area contributed by atoms with Gasteiger partial charge in [0, 0.05) is 11.6 Å². The van der Waals surface area contributed by atoms with Crippen LogP contribution in [0.2, 0.25) is 5.02 Å². The number of aliphatic hydroxyl groups is 1. The third-order valence-electron chi connectivity index (χ3n) is 3.15. The Morgan fingerprint density at radius 1 is 0.950 bits per heavy atom. The van der Waals surface area contributed by atoms with Crippen LogP contribution < -0.4 is 5.73 Å². The molecule has 2 aromatic carbocycles. The number of halogens is 1. The standard InChI is InChI=1S/C15H16ClNO.C2H6/c1-11-2-4-12(5-3-11)15(18,10-17)13-6-8-14(16)9-7-13;1-2/h2-9,18H,10,17H2,1H3;1-2H3. The molecule has 20 heavy (non-hydrogen) atoms. The molecule has 0 aliphatic heterocycles. The van der Waals surface area contributed by atoms with Gasteiger partial charge in [-0.05, 0) is 30.2 Å². The molecule has 3 heteroatoms. The van der Waals surface area contributed by atoms with Crippen LogP contribution in [0.1, 0.15) is 30.5 Å². The van der Waals surface area contributed by atoms with Gasteiger partial charge in [-0.3, -0.25) is 0 Å². The fourth-order valence-corrected chi connectivity index (χ4v) is 2.08. The molecule has 0 aliphatic carbocycles. The largest absolute Gasteiger partial charge is 0.379 e. The summed E-state index contributed by atoms with van der Waals surface area (Å²) in [5, 5.41) is 11.4. The SMILES string of the molecule is CC.Cc1ccc(C(O)(CN)c2ccc(Cl)cc2)cc1. The molecule has 0 spiro atoms. The minimum atomic E-state index is -1.17. The minimum Gasteiger partial charge on any atom is -0.379 e. The van der Waals surface area contributed by atoms with Gasteiger partial charge in [-0.1, -0.05) is 67.4 Å². The maximum Gasteiger partial charge on any atom is 0.127 e. The Hall–Kier alpha value is -1.35. The monoisotopic (exact) mass is 291 g/mol. The highest BCUT2D eigenvalue weighted by atomic mass is 35.5. The van der Waals surface area contributed by atoms with E-state index in [9.17, 15) is 5.11 Å². The van der Waals surface area contributed by atoms with Crippen LogP contribution in [-0.4, -0.2) is 11.7 Å². The summed E-state index contributed by atoms with van der Waals surface area (Å²) in [6, 6.07) is 14.8. The van der Waals surface area contributed by atoms with E-state index in [0.29, 0.717) is 5.02 Å². The molecule has 0 aliphatic rings. The van der Waals surface area contributed by atoms with E-state index in [4.69, 9.17) is 17.3 Å². The van der Waals surface area contributed by atoms with Crippen molar-refractivity contribution in [2.24, 2.45) is 5.73 Å². The first-order valence-corrected chi connectivity index (χ1v) is 7.20. The molecule has 3 N–H and O–H groups in total. The van der Waals surface area contributed by atoms with Crippen LogP contribution in [0.3, 0.4) is 0 Å². The van der Waals surface area contributed by atoms with Gasteiger partial charge < -0.3 is 10.8 Å². The van der Waals surface area contributed by atoms with E-state index < -0.39 is 5.60 Å². The number of hydrogen-bond acceptors (Lipinski definition) is 2. The smallest absolute Gasteiger partial charge is 0.127 e. The molecule has 0 saturated heterocycles. The first-order valence-electron chi connectivity index (χ1n) is 6.82. The average Bonchev–Trinajstić information content (AvgIpc) is 2.50. The highest BCUT2D eigenvalue weighted by molar-refractivity contribution is 6.30. The maximum absolute atomic E-state index is 10.8. The van der Waals surface area contributed by atoms with Crippen LogP contribution in [0.5, 0.6) is 0 Å². The lowest BCUT2D eigenvalue weighted by molar-refractivity contribution is 0.0902. The van der Waals surface area contributed by atoms with E-state index in [2.05, 4.69) is 0 Å². The molecule has 1 atom stereocenters. The van der Waals surface area contributed by atoms with Gasteiger partial charge in [-0.15, -0.1) is 0 Å². The third kappa shape index (κ3) is 3.60. The quantitative estimate of drug-likeness (QED) is 0.902. The van der Waals surface area contributed by atoms with Crippen LogP contribution >= 0.6 is 11.6 Å². The van der Waals surface area contributed by atoms with Crippen molar-refractivity contribution in [3.05, 3.63) is 70.2 Å². The van der Waals surface area contributed by atoms with Gasteiger partial charge >= 0.3 is 0 Å². The molecule has 0 aromatic heterocycles. The molecule has 0 saturated carbocycles. The zero-order valence-corrected chi connectivity index (χ0v) is 13.0. The van der Waals surface area contributed by atoms with E-state index in [0.717, 1.165) is 16.7 Å². The summed E-state index contributed by atoms with van der Waals surface area (Å²) < 4.78 is 0. The predicted octanol–water partition coefficient (Wildman–Crippen LogP) is 3.87. The highest BCUT2D eigenvalue weighted by Gasteiger charge is 2.29. The Balaban J connectivity index is 0.000000956. The second-order valence-electron chi connectivity index (χ2n) is 4.44. The molecule has 0 amide bonds. The maximum atomic E-state index is 10.8. The highest BCUT2D eigenvalue weighted by Crippen LogP contribution is 2.29. The molecule has 2 rings (SSSR count). The van der Waals surface area contributed by atoms with Crippen molar-refractivity contribution in [2.45, 2.75) is 26.4 Å². The summed E-state index contributed by atoms with van der Waals surface area (Å²) in [6.45, 7) is 6.13. The molecule has 0 fully saturated rings. The van der Waals surface area contributed by atoms with E-state index in [-0.39, 0.29) is 6.54 Å². The van der Waals surface area contributed by atoms with Gasteiger partial charge in [-0.25, -0.2) is 0 Å². The number of nitrogens with two attached hydrogens (primary N) is 1. The van der Waals surface area contributed by atoms with E-state index in [1.807, 2.05) is 45.0 Å². The summed E-state index contributed by atoms with van der Waals surface area (Å²) in [7, 11) is 0. The molecule has 1 unspecified atom stereocenters. The minimum absolute atomic E-state index is 0.123. The van der Waals surface area contributed by atoms with Crippen LogP contribution in [0, 0.1) is 6.92 Å². The zero-order valence-electron chi connectivity index (χ0n) is 12.2. The Kier molecular flexibility index (Phi) is 6.21. The Bertz CT molecular complexity index is 474. The average molecular weight is 292 g/mol. The predicted molar refractivity (Wildman–Crippen MR) is 86.0 cm³/mol. The summed E-state index contributed by atoms with van der Waals surface area (Å²) >= 11 is 5.86. The molecule has 2 nitrogen and oxygen atoms in total. The summed E-state index contributed by atoms with van der Waals surface area (Å²) in [6.07, 6.45) is 0. The van der Waals surface area contributed by atoms with Crippen molar-refractivity contribution in [3.63, 3.8) is 0 Å². The summed E-state index contributed by atoms with van der Waals surface area (Å²) in [5.74, 6) is 0. The molecule has 0 heterocycles.